The van der Waals surface area contributed by atoms with E-state index in [4.69, 9.17) is 0 Å². The normalized spacial score (nSPS) is 16.6. The van der Waals surface area contributed by atoms with Gasteiger partial charge in [-0.05, 0) is 66.5 Å². The number of carbonyl (C=O) groups is 2. The van der Waals surface area contributed by atoms with Crippen LogP contribution in [-0.2, 0) is 28.9 Å². The Morgan fingerprint density at radius 3 is 2.50 bits per heavy atom. The molecule has 2 atom stereocenters. The van der Waals surface area contributed by atoms with Crippen LogP contribution in [-0.4, -0.2) is 24.3 Å². The third-order valence-corrected chi connectivity index (χ3v) is 5.58. The lowest BCUT2D eigenvalue weighted by Gasteiger charge is -2.28. The van der Waals surface area contributed by atoms with Gasteiger partial charge in [-0.3, -0.25) is 9.59 Å². The fraction of sp³-hybridized carbons (Fsp3) is 0.417. The zero-order chi connectivity index (χ0) is 21.7. The lowest BCUT2D eigenvalue weighted by atomic mass is 9.86. The van der Waals surface area contributed by atoms with E-state index in [9.17, 15) is 18.4 Å². The molecular formula is C24H28F2N2O2. The molecule has 0 aliphatic heterocycles. The van der Waals surface area contributed by atoms with Gasteiger partial charge in [0.1, 0.15) is 11.6 Å². The van der Waals surface area contributed by atoms with Crippen LogP contribution in [0.2, 0.25) is 0 Å². The highest BCUT2D eigenvalue weighted by Gasteiger charge is 2.24. The van der Waals surface area contributed by atoms with E-state index in [-0.39, 0.29) is 30.7 Å². The van der Waals surface area contributed by atoms with Crippen molar-refractivity contribution in [1.82, 2.24) is 10.6 Å². The summed E-state index contributed by atoms with van der Waals surface area (Å²) in [5.41, 5.74) is 4.13. The van der Waals surface area contributed by atoms with Gasteiger partial charge in [0.15, 0.2) is 5.78 Å². The van der Waals surface area contributed by atoms with Crippen LogP contribution in [0.25, 0.3) is 0 Å². The first kappa shape index (κ1) is 22.1. The molecular weight excluding hydrogens is 386 g/mol. The Balaban J connectivity index is 1.70. The third-order valence-electron chi connectivity index (χ3n) is 5.58. The number of amides is 1. The van der Waals surface area contributed by atoms with Gasteiger partial charge in [-0.25, -0.2) is 8.78 Å². The Hall–Kier alpha value is -2.60. The predicted molar refractivity (Wildman–Crippen MR) is 112 cm³/mol. The molecule has 0 saturated heterocycles. The van der Waals surface area contributed by atoms with Gasteiger partial charge in [0.25, 0.3) is 0 Å². The minimum atomic E-state index is -0.846. The van der Waals surface area contributed by atoms with Crippen LogP contribution in [0.1, 0.15) is 55.0 Å². The van der Waals surface area contributed by atoms with Crippen LogP contribution in [0.15, 0.2) is 36.4 Å². The lowest BCUT2D eigenvalue weighted by Crippen LogP contribution is -2.45. The molecule has 2 aromatic carbocycles. The van der Waals surface area contributed by atoms with Crippen LogP contribution >= 0.6 is 0 Å². The molecule has 3 rings (SSSR count). The van der Waals surface area contributed by atoms with Crippen LogP contribution in [0.5, 0.6) is 0 Å². The Morgan fingerprint density at radius 1 is 1.10 bits per heavy atom. The van der Waals surface area contributed by atoms with Crippen molar-refractivity contribution in [3.8, 4) is 0 Å². The van der Waals surface area contributed by atoms with Crippen LogP contribution in [0.4, 0.5) is 8.78 Å². The van der Waals surface area contributed by atoms with Gasteiger partial charge in [-0.15, -0.1) is 0 Å². The molecule has 0 unspecified atom stereocenters. The summed E-state index contributed by atoms with van der Waals surface area (Å²) in [5, 5.41) is 5.96. The van der Waals surface area contributed by atoms with Crippen molar-refractivity contribution in [2.45, 2.75) is 58.0 Å². The van der Waals surface area contributed by atoms with E-state index in [2.05, 4.69) is 35.8 Å². The first-order chi connectivity index (χ1) is 14.4. The second-order valence-electron chi connectivity index (χ2n) is 7.91. The fourth-order valence-corrected chi connectivity index (χ4v) is 4.08. The van der Waals surface area contributed by atoms with Crippen molar-refractivity contribution in [3.05, 3.63) is 70.3 Å². The molecule has 2 aromatic rings. The minimum Gasteiger partial charge on any atom is -0.346 e. The SMILES string of the molecule is CCc1ccc2c(c1)[C@H](NCC(=O)[C@H](Cc1cc(F)cc(F)c1)NC(C)=O)CCC2. The number of aryl methyl sites for hydroxylation is 2. The Kier molecular flexibility index (Phi) is 7.32. The highest BCUT2D eigenvalue weighted by molar-refractivity contribution is 5.90. The number of halogens is 2. The lowest BCUT2D eigenvalue weighted by molar-refractivity contribution is -0.126. The molecule has 6 heteroatoms. The smallest absolute Gasteiger partial charge is 0.217 e. The summed E-state index contributed by atoms with van der Waals surface area (Å²) in [6, 6.07) is 8.91. The van der Waals surface area contributed by atoms with Gasteiger partial charge in [0.05, 0.1) is 12.6 Å². The first-order valence-corrected chi connectivity index (χ1v) is 10.5. The van der Waals surface area contributed by atoms with Crippen molar-refractivity contribution in [3.63, 3.8) is 0 Å². The molecule has 0 fully saturated rings. The largest absolute Gasteiger partial charge is 0.346 e. The maximum Gasteiger partial charge on any atom is 0.217 e. The van der Waals surface area contributed by atoms with Crippen molar-refractivity contribution in [2.24, 2.45) is 0 Å². The standard InChI is InChI=1S/C24H28F2N2O2/c1-3-16-7-8-18-5-4-6-22(21(18)11-16)27-14-24(30)23(28-15(2)29)12-17-9-19(25)13-20(26)10-17/h7-11,13,22-23,27H,3-6,12,14H2,1-2H3,(H,28,29)/t22-,23+/m1/s1. The van der Waals surface area contributed by atoms with Gasteiger partial charge in [0.2, 0.25) is 5.91 Å². The quantitative estimate of drug-likeness (QED) is 0.691. The van der Waals surface area contributed by atoms with Crippen LogP contribution in [0, 0.1) is 11.6 Å². The summed E-state index contributed by atoms with van der Waals surface area (Å²) in [4.78, 5) is 24.5. The van der Waals surface area contributed by atoms with Crippen LogP contribution < -0.4 is 10.6 Å². The monoisotopic (exact) mass is 414 g/mol. The summed E-state index contributed by atoms with van der Waals surface area (Å²) in [7, 11) is 0. The van der Waals surface area contributed by atoms with E-state index in [0.717, 1.165) is 31.7 Å². The second-order valence-corrected chi connectivity index (χ2v) is 7.91. The van der Waals surface area contributed by atoms with Crippen molar-refractivity contribution in [1.29, 1.82) is 0 Å². The number of ketones is 1. The van der Waals surface area contributed by atoms with E-state index in [1.807, 2.05) is 0 Å². The summed E-state index contributed by atoms with van der Waals surface area (Å²) >= 11 is 0. The topological polar surface area (TPSA) is 58.2 Å². The maximum atomic E-state index is 13.5. The number of benzene rings is 2. The number of hydrogen-bond acceptors (Lipinski definition) is 3. The van der Waals surface area contributed by atoms with Gasteiger partial charge in [0, 0.05) is 19.0 Å². The third kappa shape index (κ3) is 5.72. The van der Waals surface area contributed by atoms with Gasteiger partial charge < -0.3 is 10.6 Å². The van der Waals surface area contributed by atoms with Crippen molar-refractivity contribution >= 4 is 11.7 Å². The number of rotatable bonds is 8. The van der Waals surface area contributed by atoms with E-state index in [1.54, 1.807) is 0 Å². The molecule has 1 amide bonds. The molecule has 1 aliphatic rings. The minimum absolute atomic E-state index is 0.0377. The Labute approximate surface area is 176 Å². The molecule has 4 nitrogen and oxygen atoms in total. The zero-order valence-corrected chi connectivity index (χ0v) is 17.4. The Morgan fingerprint density at radius 2 is 1.83 bits per heavy atom. The van der Waals surface area contributed by atoms with Gasteiger partial charge >= 0.3 is 0 Å². The van der Waals surface area contributed by atoms with Crippen LogP contribution in [0.3, 0.4) is 0 Å². The molecule has 0 spiro atoms. The second kappa shape index (κ2) is 9.94. The molecule has 0 bridgehead atoms. The highest BCUT2D eigenvalue weighted by atomic mass is 19.1. The summed E-state index contributed by atoms with van der Waals surface area (Å²) in [5.74, 6) is -1.99. The average Bonchev–Trinajstić information content (AvgIpc) is 2.70. The summed E-state index contributed by atoms with van der Waals surface area (Å²) in [6.45, 7) is 3.51. The number of nitrogens with one attached hydrogen (secondary N) is 2. The number of fused-ring (bicyclic) bond motifs is 1. The summed E-state index contributed by atoms with van der Waals surface area (Å²) in [6.07, 6.45) is 4.00. The molecule has 160 valence electrons. The predicted octanol–water partition coefficient (Wildman–Crippen LogP) is 3.81. The molecule has 0 aromatic heterocycles. The molecule has 0 heterocycles. The highest BCUT2D eigenvalue weighted by Crippen LogP contribution is 2.30. The Bertz CT molecular complexity index is 909. The molecule has 2 N–H and O–H groups in total. The summed E-state index contributed by atoms with van der Waals surface area (Å²) < 4.78 is 27.0. The molecule has 0 radical (unpaired) electrons. The fourth-order valence-electron chi connectivity index (χ4n) is 4.08. The van der Waals surface area contributed by atoms with E-state index in [1.165, 1.54) is 35.7 Å². The molecule has 30 heavy (non-hydrogen) atoms. The molecule has 1 aliphatic carbocycles. The van der Waals surface area contributed by atoms with E-state index >= 15 is 0 Å². The van der Waals surface area contributed by atoms with Gasteiger partial charge in [-0.1, -0.05) is 25.1 Å². The zero-order valence-electron chi connectivity index (χ0n) is 17.4. The maximum absolute atomic E-state index is 13.5. The average molecular weight is 414 g/mol. The van der Waals surface area contributed by atoms with Crippen molar-refractivity contribution < 1.29 is 18.4 Å². The van der Waals surface area contributed by atoms with E-state index in [0.29, 0.717) is 5.56 Å². The van der Waals surface area contributed by atoms with E-state index < -0.39 is 17.7 Å². The molecule has 0 saturated carbocycles. The number of hydrogen-bond donors (Lipinski definition) is 2. The van der Waals surface area contributed by atoms with Gasteiger partial charge in [-0.2, -0.15) is 0 Å². The number of Topliss-reactive ketones (excluding diaryl/α,β-unsaturated/α-hetero) is 1. The number of carbonyl (C=O) groups excluding carboxylic acids is 2. The van der Waals surface area contributed by atoms with Crippen molar-refractivity contribution in [2.75, 3.05) is 6.54 Å². The first-order valence-electron chi connectivity index (χ1n) is 10.5.